The van der Waals surface area contributed by atoms with E-state index in [1.165, 1.54) is 13.2 Å². The van der Waals surface area contributed by atoms with Crippen molar-refractivity contribution in [1.29, 1.82) is 0 Å². The Kier molecular flexibility index (Phi) is 6.87. The molecule has 0 aliphatic carbocycles. The molecule has 6 nitrogen and oxygen atoms in total. The number of nitrogens with zero attached hydrogens (tertiary/aromatic N) is 1. The summed E-state index contributed by atoms with van der Waals surface area (Å²) in [6.45, 7) is 5.15. The number of ether oxygens (including phenoxy) is 2. The normalized spacial score (nSPS) is 10.7. The van der Waals surface area contributed by atoms with E-state index in [9.17, 15) is 14.5 Å². The highest BCUT2D eigenvalue weighted by molar-refractivity contribution is 5.59. The van der Waals surface area contributed by atoms with E-state index in [0.717, 1.165) is 18.9 Å². The van der Waals surface area contributed by atoms with Crippen LogP contribution in [0.15, 0.2) is 12.1 Å². The van der Waals surface area contributed by atoms with Crippen molar-refractivity contribution < 1.29 is 18.8 Å². The Bertz CT molecular complexity index is 480. The van der Waals surface area contributed by atoms with Gasteiger partial charge in [-0.25, -0.2) is 4.39 Å². The van der Waals surface area contributed by atoms with Crippen molar-refractivity contribution >= 4 is 11.4 Å². The van der Waals surface area contributed by atoms with Crippen LogP contribution in [0.2, 0.25) is 0 Å². The zero-order valence-electron chi connectivity index (χ0n) is 12.5. The lowest BCUT2D eigenvalue weighted by molar-refractivity contribution is -0.385. The minimum absolute atomic E-state index is 0.0343. The molecule has 0 radical (unpaired) electrons. The first kappa shape index (κ1) is 17.2. The van der Waals surface area contributed by atoms with Crippen LogP contribution >= 0.6 is 0 Å². The van der Waals surface area contributed by atoms with E-state index in [1.807, 2.05) is 13.8 Å². The number of nitro benzene ring substituents is 1. The molecule has 0 aromatic heterocycles. The average Bonchev–Trinajstić information content (AvgIpc) is 2.43. The first-order valence-electron chi connectivity index (χ1n) is 6.83. The molecule has 118 valence electrons. The van der Waals surface area contributed by atoms with Gasteiger partial charge < -0.3 is 14.8 Å². The van der Waals surface area contributed by atoms with Crippen molar-refractivity contribution in [2.75, 3.05) is 25.6 Å². The molecule has 0 unspecified atom stereocenters. The third kappa shape index (κ3) is 5.55. The van der Waals surface area contributed by atoms with Crippen molar-refractivity contribution in [3.63, 3.8) is 0 Å². The maximum atomic E-state index is 13.8. The summed E-state index contributed by atoms with van der Waals surface area (Å²) in [6.07, 6.45) is 1.87. The van der Waals surface area contributed by atoms with Crippen LogP contribution in [-0.2, 0) is 4.74 Å². The number of hydrogen-bond acceptors (Lipinski definition) is 5. The highest BCUT2D eigenvalue weighted by atomic mass is 19.1. The second kappa shape index (κ2) is 8.41. The van der Waals surface area contributed by atoms with Gasteiger partial charge in [0, 0.05) is 19.2 Å². The summed E-state index contributed by atoms with van der Waals surface area (Å²) < 4.78 is 24.1. The lowest BCUT2D eigenvalue weighted by Gasteiger charge is -2.10. The predicted molar refractivity (Wildman–Crippen MR) is 78.4 cm³/mol. The summed E-state index contributed by atoms with van der Waals surface area (Å²) in [7, 11) is 1.31. The van der Waals surface area contributed by atoms with Crippen LogP contribution in [0, 0.1) is 15.9 Å². The van der Waals surface area contributed by atoms with Gasteiger partial charge in [-0.3, -0.25) is 10.1 Å². The van der Waals surface area contributed by atoms with Gasteiger partial charge >= 0.3 is 5.69 Å². The Morgan fingerprint density at radius 3 is 2.67 bits per heavy atom. The van der Waals surface area contributed by atoms with Crippen molar-refractivity contribution in [3.05, 3.63) is 28.1 Å². The molecular formula is C14H21FN2O4. The second-order valence-corrected chi connectivity index (χ2v) is 4.81. The number of benzene rings is 1. The van der Waals surface area contributed by atoms with Crippen LogP contribution in [0.3, 0.4) is 0 Å². The van der Waals surface area contributed by atoms with Gasteiger partial charge in [-0.15, -0.1) is 0 Å². The maximum Gasteiger partial charge on any atom is 0.313 e. The molecule has 0 amide bonds. The van der Waals surface area contributed by atoms with E-state index in [2.05, 4.69) is 5.32 Å². The molecule has 1 aromatic carbocycles. The molecule has 0 aliphatic rings. The lowest BCUT2D eigenvalue weighted by atomic mass is 10.2. The van der Waals surface area contributed by atoms with Crippen molar-refractivity contribution in [2.45, 2.75) is 32.8 Å². The van der Waals surface area contributed by atoms with Gasteiger partial charge in [0.05, 0.1) is 29.9 Å². The van der Waals surface area contributed by atoms with Crippen LogP contribution in [0.1, 0.15) is 26.7 Å². The van der Waals surface area contributed by atoms with Gasteiger partial charge in [0.1, 0.15) is 0 Å². The lowest BCUT2D eigenvalue weighted by Crippen LogP contribution is -2.08. The molecule has 0 saturated carbocycles. The zero-order valence-corrected chi connectivity index (χ0v) is 12.5. The molecule has 0 bridgehead atoms. The number of nitro groups is 1. The number of rotatable bonds is 9. The smallest absolute Gasteiger partial charge is 0.313 e. The molecule has 7 heteroatoms. The van der Waals surface area contributed by atoms with Gasteiger partial charge in [0.15, 0.2) is 11.6 Å². The van der Waals surface area contributed by atoms with Gasteiger partial charge in [-0.1, -0.05) is 0 Å². The quantitative estimate of drug-likeness (QED) is 0.430. The third-order valence-electron chi connectivity index (χ3n) is 2.80. The SMILES string of the molecule is COc1cc(NCCCCOC(C)C)c(F)cc1[N+](=O)[O-]. The number of hydrogen-bond donors (Lipinski definition) is 1. The molecule has 1 N–H and O–H groups in total. The van der Waals surface area contributed by atoms with E-state index in [4.69, 9.17) is 9.47 Å². The Hall–Kier alpha value is -1.89. The Labute approximate surface area is 123 Å². The first-order valence-corrected chi connectivity index (χ1v) is 6.83. The number of unbranched alkanes of at least 4 members (excludes halogenated alkanes) is 1. The molecule has 0 atom stereocenters. The van der Waals surface area contributed by atoms with E-state index in [0.29, 0.717) is 13.2 Å². The van der Waals surface area contributed by atoms with Gasteiger partial charge in [-0.05, 0) is 26.7 Å². The van der Waals surface area contributed by atoms with Crippen LogP contribution in [0.4, 0.5) is 15.8 Å². The summed E-state index contributed by atoms with van der Waals surface area (Å²) in [5.41, 5.74) is -0.187. The Morgan fingerprint density at radius 2 is 2.10 bits per heavy atom. The summed E-state index contributed by atoms with van der Waals surface area (Å²) in [5.74, 6) is -0.632. The summed E-state index contributed by atoms with van der Waals surface area (Å²) in [5, 5.41) is 13.7. The van der Waals surface area contributed by atoms with Crippen molar-refractivity contribution in [1.82, 2.24) is 0 Å². The topological polar surface area (TPSA) is 73.6 Å². The minimum atomic E-state index is -0.672. The molecule has 1 rings (SSSR count). The van der Waals surface area contributed by atoms with Gasteiger partial charge in [-0.2, -0.15) is 0 Å². The Balaban J connectivity index is 2.54. The molecular weight excluding hydrogens is 279 g/mol. The van der Waals surface area contributed by atoms with Crippen molar-refractivity contribution in [2.24, 2.45) is 0 Å². The van der Waals surface area contributed by atoms with E-state index in [1.54, 1.807) is 0 Å². The standard InChI is InChI=1S/C14H21FN2O4/c1-10(2)21-7-5-4-6-16-12-9-14(20-3)13(17(18)19)8-11(12)15/h8-10,16H,4-7H2,1-3H3. The largest absolute Gasteiger partial charge is 0.490 e. The first-order chi connectivity index (χ1) is 9.95. The van der Waals surface area contributed by atoms with Gasteiger partial charge in [0.25, 0.3) is 0 Å². The van der Waals surface area contributed by atoms with E-state index < -0.39 is 10.7 Å². The molecule has 0 saturated heterocycles. The average molecular weight is 300 g/mol. The number of methoxy groups -OCH3 is 1. The molecule has 1 aromatic rings. The summed E-state index contributed by atoms with van der Waals surface area (Å²) >= 11 is 0. The van der Waals surface area contributed by atoms with E-state index >= 15 is 0 Å². The molecule has 21 heavy (non-hydrogen) atoms. The predicted octanol–water partition coefficient (Wildman–Crippen LogP) is 3.36. The fraction of sp³-hybridized carbons (Fsp3) is 0.571. The highest BCUT2D eigenvalue weighted by Crippen LogP contribution is 2.32. The van der Waals surface area contributed by atoms with Crippen molar-refractivity contribution in [3.8, 4) is 5.75 Å². The Morgan fingerprint density at radius 1 is 1.38 bits per heavy atom. The summed E-state index contributed by atoms with van der Waals surface area (Å²) in [4.78, 5) is 10.1. The van der Waals surface area contributed by atoms with E-state index in [-0.39, 0.29) is 23.2 Å². The number of anilines is 1. The van der Waals surface area contributed by atoms with Crippen LogP contribution in [-0.4, -0.2) is 31.3 Å². The third-order valence-corrected chi connectivity index (χ3v) is 2.80. The van der Waals surface area contributed by atoms with Crippen LogP contribution in [0.5, 0.6) is 5.75 Å². The molecule has 0 spiro atoms. The van der Waals surface area contributed by atoms with Crippen LogP contribution < -0.4 is 10.1 Å². The fourth-order valence-electron chi connectivity index (χ4n) is 1.75. The number of nitrogens with one attached hydrogen (secondary N) is 1. The molecule has 0 aliphatic heterocycles. The molecule has 0 fully saturated rings. The zero-order chi connectivity index (χ0) is 15.8. The second-order valence-electron chi connectivity index (χ2n) is 4.81. The van der Waals surface area contributed by atoms with Crippen LogP contribution in [0.25, 0.3) is 0 Å². The monoisotopic (exact) mass is 300 g/mol. The fourth-order valence-corrected chi connectivity index (χ4v) is 1.75. The molecule has 0 heterocycles. The minimum Gasteiger partial charge on any atom is -0.490 e. The van der Waals surface area contributed by atoms with Gasteiger partial charge in [0.2, 0.25) is 0 Å². The highest BCUT2D eigenvalue weighted by Gasteiger charge is 2.18. The maximum absolute atomic E-state index is 13.8. The number of halogens is 1. The summed E-state index contributed by atoms with van der Waals surface area (Å²) in [6, 6.07) is 2.17.